The number of benzene rings is 11. The van der Waals surface area contributed by atoms with Gasteiger partial charge in [0.05, 0.1) is 0 Å². The van der Waals surface area contributed by atoms with Gasteiger partial charge in [0.1, 0.15) is 0 Å². The molecule has 4 heteroatoms. The monoisotopic (exact) mass is 880 g/mol. The lowest BCUT2D eigenvalue weighted by Crippen LogP contribution is -2.41. The molecule has 1 radical (unpaired) electrons. The molecule has 0 bridgehead atoms. The number of anilines is 8. The normalized spacial score (nSPS) is 11.6. The summed E-state index contributed by atoms with van der Waals surface area (Å²) in [5.41, 5.74) is 21.5. The highest BCUT2D eigenvalue weighted by Gasteiger charge is 2.31. The van der Waals surface area contributed by atoms with E-state index in [9.17, 15) is 0 Å². The molecule has 0 aromatic heterocycles. The van der Waals surface area contributed by atoms with E-state index in [4.69, 9.17) is 0 Å². The van der Waals surface area contributed by atoms with Gasteiger partial charge >= 0.3 is 0 Å². The molecule has 0 fully saturated rings. The topological polar surface area (TPSA) is 18.5 Å². The Labute approximate surface area is 405 Å². The molecule has 1 N–H and O–H groups in total. The minimum Gasteiger partial charge on any atom is -0.355 e. The number of aryl methyl sites for hydroxylation is 1. The van der Waals surface area contributed by atoms with Crippen molar-refractivity contribution < 1.29 is 0 Å². The quantitative estimate of drug-likeness (QED) is 0.138. The Morgan fingerprint density at radius 3 is 1.55 bits per heavy atom. The van der Waals surface area contributed by atoms with Gasteiger partial charge in [-0.25, -0.2) is 0 Å². The molecule has 0 unspecified atom stereocenters. The van der Waals surface area contributed by atoms with Crippen LogP contribution in [0.3, 0.4) is 0 Å². The van der Waals surface area contributed by atoms with E-state index in [2.05, 4.69) is 290 Å². The van der Waals surface area contributed by atoms with Crippen molar-refractivity contribution in [2.75, 3.05) is 15.1 Å². The van der Waals surface area contributed by atoms with Crippen LogP contribution < -0.4 is 26.0 Å². The fourth-order valence-corrected chi connectivity index (χ4v) is 9.97. The molecule has 69 heavy (non-hydrogen) atoms. The molecule has 11 aromatic carbocycles. The van der Waals surface area contributed by atoms with Crippen LogP contribution in [0, 0.1) is 6.92 Å². The molecule has 325 valence electrons. The Kier molecular flexibility index (Phi) is 10.9. The smallest absolute Gasteiger partial charge is 0.197 e. The predicted octanol–water partition coefficient (Wildman–Crippen LogP) is 16.5. The molecule has 3 nitrogen and oxygen atoms in total. The molecule has 11 aromatic rings. The fraction of sp³-hybridized carbons (Fsp3) is 0.0154. The minimum absolute atomic E-state index is 1.00. The second kappa shape index (κ2) is 18.1. The van der Waals surface area contributed by atoms with Gasteiger partial charge in [-0.2, -0.15) is 0 Å². The zero-order chi connectivity index (χ0) is 46.1. The molecule has 1 aliphatic heterocycles. The number of hydrogen-bond donors (Lipinski definition) is 1. The SMILES string of the molecule is Cc1ccc(-c2ccccc2)cc1N1c2ccc(-c3ccccc3)cc2[B]c2c(-c3ccc(N(c4ccccc4)c4ccccc4)cc3Nc3ccc(-c4ccccc4)cc3)cc3ccccc3c21. The third-order valence-corrected chi connectivity index (χ3v) is 13.4. The van der Waals surface area contributed by atoms with Crippen LogP contribution in [0.5, 0.6) is 0 Å². The average Bonchev–Trinajstić information content (AvgIpc) is 3.42. The summed E-state index contributed by atoms with van der Waals surface area (Å²) in [6.07, 6.45) is 0. The fourth-order valence-electron chi connectivity index (χ4n) is 9.97. The molecule has 12 rings (SSSR count). The summed E-state index contributed by atoms with van der Waals surface area (Å²) >= 11 is 0. The van der Waals surface area contributed by atoms with Gasteiger partial charge in [0.25, 0.3) is 0 Å². The van der Waals surface area contributed by atoms with Crippen molar-refractivity contribution in [1.82, 2.24) is 0 Å². The van der Waals surface area contributed by atoms with Gasteiger partial charge in [0, 0.05) is 56.4 Å². The minimum atomic E-state index is 1.00. The van der Waals surface area contributed by atoms with Crippen molar-refractivity contribution in [3.05, 3.63) is 266 Å². The van der Waals surface area contributed by atoms with E-state index in [0.29, 0.717) is 0 Å². The van der Waals surface area contributed by atoms with Gasteiger partial charge in [-0.05, 0) is 129 Å². The number of nitrogens with zero attached hydrogens (tertiary/aromatic N) is 2. The van der Waals surface area contributed by atoms with Crippen LogP contribution in [-0.4, -0.2) is 7.28 Å². The lowest BCUT2D eigenvalue weighted by atomic mass is 9.57. The molecule has 1 heterocycles. The standard InChI is InChI=1S/C65H47BN3/c1-45-31-32-51(48-23-11-4-12-24-48)43-63(45)69-62-40-35-50(47-21-9-3-10-22-47)42-60(62)66-64-59(41-52-25-17-18-30-57(52)65(64)69)58-39-38-56(68(54-26-13-5-14-27-54)55-28-15-6-16-29-55)44-61(58)67-53-36-33-49(34-37-53)46-19-7-2-8-20-46/h2-44,67H,1H3. The van der Waals surface area contributed by atoms with Gasteiger partial charge in [0.2, 0.25) is 0 Å². The van der Waals surface area contributed by atoms with Crippen LogP contribution in [0.4, 0.5) is 45.5 Å². The van der Waals surface area contributed by atoms with Crippen molar-refractivity contribution in [3.8, 4) is 44.5 Å². The third kappa shape index (κ3) is 8.02. The second-order valence-corrected chi connectivity index (χ2v) is 17.7. The predicted molar refractivity (Wildman–Crippen MR) is 295 cm³/mol. The Bertz CT molecular complexity index is 3560. The molecule has 1 aliphatic rings. The molecule has 0 aliphatic carbocycles. The number of fused-ring (bicyclic) bond motifs is 4. The van der Waals surface area contributed by atoms with Crippen LogP contribution in [0.25, 0.3) is 55.3 Å². The van der Waals surface area contributed by atoms with E-state index in [1.54, 1.807) is 0 Å². The first-order chi connectivity index (χ1) is 34.1. The number of nitrogens with one attached hydrogen (secondary N) is 1. The maximum Gasteiger partial charge on any atom is 0.197 e. The lowest BCUT2D eigenvalue weighted by Gasteiger charge is -2.37. The van der Waals surface area contributed by atoms with E-state index in [0.717, 1.165) is 67.6 Å². The summed E-state index contributed by atoms with van der Waals surface area (Å²) in [6.45, 7) is 2.24. The number of hydrogen-bond acceptors (Lipinski definition) is 3. The van der Waals surface area contributed by atoms with E-state index in [-0.39, 0.29) is 0 Å². The van der Waals surface area contributed by atoms with E-state index in [1.165, 1.54) is 49.7 Å². The van der Waals surface area contributed by atoms with Crippen LogP contribution in [0.15, 0.2) is 261 Å². The van der Waals surface area contributed by atoms with Crippen molar-refractivity contribution in [2.24, 2.45) is 0 Å². The van der Waals surface area contributed by atoms with Crippen molar-refractivity contribution in [2.45, 2.75) is 6.92 Å². The maximum atomic E-state index is 3.98. The molecule has 0 spiro atoms. The molecular formula is C65H47BN3. The molecule has 0 atom stereocenters. The Balaban J connectivity index is 1.10. The van der Waals surface area contributed by atoms with Gasteiger partial charge < -0.3 is 15.1 Å². The molecular weight excluding hydrogens is 834 g/mol. The first-order valence-corrected chi connectivity index (χ1v) is 23.7. The van der Waals surface area contributed by atoms with Crippen molar-refractivity contribution in [1.29, 1.82) is 0 Å². The third-order valence-electron chi connectivity index (χ3n) is 13.4. The van der Waals surface area contributed by atoms with Crippen LogP contribution in [0.2, 0.25) is 0 Å². The largest absolute Gasteiger partial charge is 0.355 e. The maximum absolute atomic E-state index is 3.98. The van der Waals surface area contributed by atoms with Gasteiger partial charge in [-0.1, -0.05) is 200 Å². The van der Waals surface area contributed by atoms with E-state index >= 15 is 0 Å². The highest BCUT2D eigenvalue weighted by atomic mass is 15.2. The summed E-state index contributed by atoms with van der Waals surface area (Å²) < 4.78 is 0. The average molecular weight is 881 g/mol. The second-order valence-electron chi connectivity index (χ2n) is 17.7. The first kappa shape index (κ1) is 41.6. The van der Waals surface area contributed by atoms with Gasteiger partial charge in [-0.15, -0.1) is 0 Å². The Morgan fingerprint density at radius 1 is 0.391 bits per heavy atom. The summed E-state index contributed by atoms with van der Waals surface area (Å²) in [5, 5.41) is 6.34. The summed E-state index contributed by atoms with van der Waals surface area (Å²) in [6, 6.07) is 94.1. The van der Waals surface area contributed by atoms with Crippen molar-refractivity contribution >= 4 is 74.5 Å². The van der Waals surface area contributed by atoms with Crippen LogP contribution >= 0.6 is 0 Å². The van der Waals surface area contributed by atoms with Gasteiger partial charge in [-0.3, -0.25) is 0 Å². The summed E-state index contributed by atoms with van der Waals surface area (Å²) in [7, 11) is 2.43. The van der Waals surface area contributed by atoms with Crippen LogP contribution in [-0.2, 0) is 0 Å². The number of rotatable bonds is 10. The molecule has 0 saturated carbocycles. The zero-order valence-corrected chi connectivity index (χ0v) is 38.3. The highest BCUT2D eigenvalue weighted by molar-refractivity contribution is 6.74. The van der Waals surface area contributed by atoms with E-state index < -0.39 is 0 Å². The summed E-state index contributed by atoms with van der Waals surface area (Å²) in [5.74, 6) is 0. The van der Waals surface area contributed by atoms with Crippen molar-refractivity contribution in [3.63, 3.8) is 0 Å². The molecule has 0 amide bonds. The highest BCUT2D eigenvalue weighted by Crippen LogP contribution is 2.46. The van der Waals surface area contributed by atoms with E-state index in [1.807, 2.05) is 0 Å². The summed E-state index contributed by atoms with van der Waals surface area (Å²) in [4.78, 5) is 4.87. The van der Waals surface area contributed by atoms with Gasteiger partial charge in [0.15, 0.2) is 7.28 Å². The first-order valence-electron chi connectivity index (χ1n) is 23.7. The number of para-hydroxylation sites is 2. The molecule has 0 saturated heterocycles. The Morgan fingerprint density at radius 2 is 0.913 bits per heavy atom. The zero-order valence-electron chi connectivity index (χ0n) is 38.3. The lowest BCUT2D eigenvalue weighted by molar-refractivity contribution is 1.27. The Hall–Kier alpha value is -8.86. The van der Waals surface area contributed by atoms with Crippen LogP contribution in [0.1, 0.15) is 5.56 Å².